The minimum atomic E-state index is -0.693. The zero-order valence-corrected chi connectivity index (χ0v) is 10.9. The number of rotatable bonds is 1. The van der Waals surface area contributed by atoms with Crippen LogP contribution < -0.4 is 11.2 Å². The highest BCUT2D eigenvalue weighted by atomic mass is 35.5. The minimum Gasteiger partial charge on any atom is -0.304 e. The fourth-order valence-electron chi connectivity index (χ4n) is 1.83. The number of hydrogen-bond donors (Lipinski definition) is 1. The fourth-order valence-corrected chi connectivity index (χ4v) is 2.86. The first-order chi connectivity index (χ1) is 9.08. The number of halogens is 2. The molecule has 0 radical (unpaired) electrons. The van der Waals surface area contributed by atoms with Crippen LogP contribution in [0.4, 0.5) is 4.39 Å². The van der Waals surface area contributed by atoms with E-state index in [0.29, 0.717) is 9.34 Å². The van der Waals surface area contributed by atoms with Crippen molar-refractivity contribution in [1.82, 2.24) is 9.55 Å². The van der Waals surface area contributed by atoms with Gasteiger partial charge in [0, 0.05) is 0 Å². The van der Waals surface area contributed by atoms with Gasteiger partial charge in [-0.25, -0.2) is 13.8 Å². The van der Waals surface area contributed by atoms with Gasteiger partial charge in [-0.1, -0.05) is 17.7 Å². The van der Waals surface area contributed by atoms with Crippen molar-refractivity contribution in [2.24, 2.45) is 0 Å². The number of para-hydroxylation sites is 1. The van der Waals surface area contributed by atoms with Crippen molar-refractivity contribution in [2.45, 2.75) is 0 Å². The predicted octanol–water partition coefficient (Wildman–Crippen LogP) is 2.53. The van der Waals surface area contributed by atoms with E-state index < -0.39 is 17.1 Å². The first kappa shape index (κ1) is 12.1. The SMILES string of the molecule is O=c1[nH]c2c(F)cccc2c(=O)n1-c1ccc(Cl)s1. The number of fused-ring (bicyclic) bond motifs is 1. The maximum Gasteiger partial charge on any atom is 0.334 e. The van der Waals surface area contributed by atoms with Gasteiger partial charge >= 0.3 is 5.69 Å². The fraction of sp³-hybridized carbons (Fsp3) is 0. The number of nitrogens with zero attached hydrogens (tertiary/aromatic N) is 1. The first-order valence-corrected chi connectivity index (χ1v) is 6.46. The van der Waals surface area contributed by atoms with E-state index in [4.69, 9.17) is 11.6 Å². The third kappa shape index (κ3) is 1.89. The van der Waals surface area contributed by atoms with E-state index in [1.165, 1.54) is 18.2 Å². The number of H-pyrrole nitrogens is 1. The summed E-state index contributed by atoms with van der Waals surface area (Å²) in [6.45, 7) is 0. The van der Waals surface area contributed by atoms with E-state index in [2.05, 4.69) is 4.98 Å². The monoisotopic (exact) mass is 296 g/mol. The zero-order valence-electron chi connectivity index (χ0n) is 9.31. The summed E-state index contributed by atoms with van der Waals surface area (Å²) in [6, 6.07) is 7.22. The van der Waals surface area contributed by atoms with Crippen LogP contribution in [0.1, 0.15) is 0 Å². The second-order valence-electron chi connectivity index (χ2n) is 3.81. The Hall–Kier alpha value is -1.92. The van der Waals surface area contributed by atoms with Gasteiger partial charge in [0.05, 0.1) is 15.2 Å². The average molecular weight is 297 g/mol. The molecule has 7 heteroatoms. The van der Waals surface area contributed by atoms with E-state index >= 15 is 0 Å². The maximum atomic E-state index is 13.5. The van der Waals surface area contributed by atoms with Crippen molar-refractivity contribution in [1.29, 1.82) is 0 Å². The highest BCUT2D eigenvalue weighted by Gasteiger charge is 2.13. The summed E-state index contributed by atoms with van der Waals surface area (Å²) in [5.41, 5.74) is -1.35. The third-order valence-electron chi connectivity index (χ3n) is 2.66. The van der Waals surface area contributed by atoms with E-state index in [-0.39, 0.29) is 10.9 Å². The summed E-state index contributed by atoms with van der Waals surface area (Å²) in [4.78, 5) is 26.5. The Morgan fingerprint density at radius 1 is 1.21 bits per heavy atom. The van der Waals surface area contributed by atoms with E-state index in [0.717, 1.165) is 15.9 Å². The molecular formula is C12H6ClFN2O2S. The molecule has 0 aliphatic carbocycles. The Kier molecular flexibility index (Phi) is 2.76. The number of benzene rings is 1. The molecule has 96 valence electrons. The van der Waals surface area contributed by atoms with Gasteiger partial charge in [-0.3, -0.25) is 4.79 Å². The molecule has 0 amide bonds. The maximum absolute atomic E-state index is 13.5. The van der Waals surface area contributed by atoms with Gasteiger partial charge in [-0.05, 0) is 24.3 Å². The van der Waals surface area contributed by atoms with Gasteiger partial charge < -0.3 is 4.98 Å². The molecular weight excluding hydrogens is 291 g/mol. The number of aromatic nitrogens is 2. The van der Waals surface area contributed by atoms with E-state index in [1.54, 1.807) is 12.1 Å². The lowest BCUT2D eigenvalue weighted by Gasteiger charge is -2.04. The van der Waals surface area contributed by atoms with E-state index in [9.17, 15) is 14.0 Å². The summed E-state index contributed by atoms with van der Waals surface area (Å²) in [6.07, 6.45) is 0. The highest BCUT2D eigenvalue weighted by Crippen LogP contribution is 2.23. The van der Waals surface area contributed by atoms with Crippen molar-refractivity contribution in [3.05, 3.63) is 61.3 Å². The average Bonchev–Trinajstić information content (AvgIpc) is 2.77. The van der Waals surface area contributed by atoms with Crippen LogP contribution in [0.25, 0.3) is 15.9 Å². The molecule has 0 spiro atoms. The summed E-state index contributed by atoms with van der Waals surface area (Å²) in [5.74, 6) is -0.636. The molecule has 3 rings (SSSR count). The number of nitrogens with one attached hydrogen (secondary N) is 1. The van der Waals surface area contributed by atoms with Gasteiger partial charge in [-0.2, -0.15) is 0 Å². The van der Waals surface area contributed by atoms with E-state index in [1.807, 2.05) is 0 Å². The Morgan fingerprint density at radius 3 is 2.68 bits per heavy atom. The van der Waals surface area contributed by atoms with Crippen molar-refractivity contribution < 1.29 is 4.39 Å². The molecule has 0 bridgehead atoms. The Balaban J connectivity index is 2.45. The molecule has 0 unspecified atom stereocenters. The molecule has 0 saturated carbocycles. The van der Waals surface area contributed by atoms with Crippen LogP contribution in [0.2, 0.25) is 4.34 Å². The predicted molar refractivity (Wildman–Crippen MR) is 73.0 cm³/mol. The van der Waals surface area contributed by atoms with Crippen LogP contribution in [0, 0.1) is 5.82 Å². The largest absolute Gasteiger partial charge is 0.334 e. The molecule has 1 N–H and O–H groups in total. The number of aromatic amines is 1. The molecule has 4 nitrogen and oxygen atoms in total. The van der Waals surface area contributed by atoms with Crippen molar-refractivity contribution in [3.63, 3.8) is 0 Å². The van der Waals surface area contributed by atoms with Crippen LogP contribution in [0.3, 0.4) is 0 Å². The number of thiophene rings is 1. The Bertz CT molecular complexity index is 897. The first-order valence-electron chi connectivity index (χ1n) is 5.27. The van der Waals surface area contributed by atoms with Crippen LogP contribution in [-0.4, -0.2) is 9.55 Å². The molecule has 2 aromatic heterocycles. The zero-order chi connectivity index (χ0) is 13.6. The second-order valence-corrected chi connectivity index (χ2v) is 5.50. The summed E-state index contributed by atoms with van der Waals surface area (Å²) >= 11 is 6.89. The summed E-state index contributed by atoms with van der Waals surface area (Å²) in [5, 5.41) is 0.506. The molecule has 0 fully saturated rings. The molecule has 2 heterocycles. The van der Waals surface area contributed by atoms with Crippen molar-refractivity contribution >= 4 is 33.8 Å². The van der Waals surface area contributed by atoms with Gasteiger partial charge in [0.15, 0.2) is 0 Å². The van der Waals surface area contributed by atoms with Gasteiger partial charge in [0.2, 0.25) is 0 Å². The molecule has 0 saturated heterocycles. The second kappa shape index (κ2) is 4.32. The Morgan fingerprint density at radius 2 is 2.00 bits per heavy atom. The van der Waals surface area contributed by atoms with Crippen LogP contribution in [0.5, 0.6) is 0 Å². The lowest BCUT2D eigenvalue weighted by atomic mass is 10.2. The molecule has 0 aliphatic heterocycles. The smallest absolute Gasteiger partial charge is 0.304 e. The minimum absolute atomic E-state index is 0.0867. The highest BCUT2D eigenvalue weighted by molar-refractivity contribution is 7.18. The van der Waals surface area contributed by atoms with Crippen LogP contribution in [-0.2, 0) is 0 Å². The van der Waals surface area contributed by atoms with Crippen molar-refractivity contribution in [2.75, 3.05) is 0 Å². The van der Waals surface area contributed by atoms with Crippen molar-refractivity contribution in [3.8, 4) is 5.00 Å². The van der Waals surface area contributed by atoms with Crippen LogP contribution >= 0.6 is 22.9 Å². The summed E-state index contributed by atoms with van der Waals surface area (Å²) in [7, 11) is 0. The quantitative estimate of drug-likeness (QED) is 0.750. The Labute approximate surface area is 114 Å². The normalized spacial score (nSPS) is 11.1. The standard InChI is InChI=1S/C12H6ClFN2O2S/c13-8-4-5-9(19-8)16-11(17)6-2-1-3-7(14)10(6)15-12(16)18/h1-5H,(H,15,18). The topological polar surface area (TPSA) is 54.9 Å². The van der Waals surface area contributed by atoms with Crippen LogP contribution in [0.15, 0.2) is 39.9 Å². The molecule has 0 atom stereocenters. The third-order valence-corrected chi connectivity index (χ3v) is 3.88. The lowest BCUT2D eigenvalue weighted by molar-refractivity contribution is 0.635. The van der Waals surface area contributed by atoms with Gasteiger partial charge in [0.1, 0.15) is 10.8 Å². The lowest BCUT2D eigenvalue weighted by Crippen LogP contribution is -2.33. The molecule has 1 aromatic carbocycles. The molecule has 0 aliphatic rings. The van der Waals surface area contributed by atoms with Gasteiger partial charge in [0.25, 0.3) is 5.56 Å². The molecule has 19 heavy (non-hydrogen) atoms. The van der Waals surface area contributed by atoms with Gasteiger partial charge in [-0.15, -0.1) is 11.3 Å². The number of hydrogen-bond acceptors (Lipinski definition) is 3. The molecule has 3 aromatic rings. The summed E-state index contributed by atoms with van der Waals surface area (Å²) < 4.78 is 14.9.